The summed E-state index contributed by atoms with van der Waals surface area (Å²) in [7, 11) is 0. The molecule has 8 nitrogen and oxygen atoms in total. The van der Waals surface area contributed by atoms with Gasteiger partial charge in [0.25, 0.3) is 0 Å². The third-order valence-electron chi connectivity index (χ3n) is 5.52. The predicted octanol–water partition coefficient (Wildman–Crippen LogP) is 0.587. The third-order valence-corrected chi connectivity index (χ3v) is 5.52. The summed E-state index contributed by atoms with van der Waals surface area (Å²) in [5, 5.41) is 9.38. The van der Waals surface area contributed by atoms with Crippen LogP contribution in [0.3, 0.4) is 0 Å². The van der Waals surface area contributed by atoms with E-state index in [0.29, 0.717) is 39.0 Å². The lowest BCUT2D eigenvalue weighted by Crippen LogP contribution is -2.44. The SMILES string of the molecule is CC(=O)N1CC2(CCN(C(=O)CCn3ccnc3)CC2)C[C@@H]1C(=O)O. The van der Waals surface area contributed by atoms with Gasteiger partial charge in [0, 0.05) is 51.9 Å². The second-order valence-electron chi connectivity index (χ2n) is 7.14. The molecule has 0 unspecified atom stereocenters. The molecule has 2 fully saturated rings. The van der Waals surface area contributed by atoms with Crippen molar-refractivity contribution >= 4 is 17.8 Å². The van der Waals surface area contributed by atoms with Crippen molar-refractivity contribution in [2.24, 2.45) is 5.41 Å². The minimum Gasteiger partial charge on any atom is -0.480 e. The smallest absolute Gasteiger partial charge is 0.326 e. The Hall–Kier alpha value is -2.38. The van der Waals surface area contributed by atoms with Gasteiger partial charge < -0.3 is 19.5 Å². The Bertz CT molecular complexity index is 626. The van der Waals surface area contributed by atoms with Gasteiger partial charge in [-0.2, -0.15) is 0 Å². The fourth-order valence-electron chi connectivity index (χ4n) is 4.00. The van der Waals surface area contributed by atoms with Crippen molar-refractivity contribution in [2.75, 3.05) is 19.6 Å². The molecule has 2 aliphatic rings. The van der Waals surface area contributed by atoms with E-state index in [1.807, 2.05) is 15.7 Å². The molecule has 1 aromatic rings. The van der Waals surface area contributed by atoms with Crippen molar-refractivity contribution in [3.05, 3.63) is 18.7 Å². The number of carboxylic acids is 1. The average molecular weight is 348 g/mol. The lowest BCUT2D eigenvalue weighted by Gasteiger charge is -2.39. The van der Waals surface area contributed by atoms with Crippen LogP contribution in [0.2, 0.25) is 0 Å². The summed E-state index contributed by atoms with van der Waals surface area (Å²) in [5.74, 6) is -1.02. The summed E-state index contributed by atoms with van der Waals surface area (Å²) in [6.45, 7) is 3.77. The van der Waals surface area contributed by atoms with Crippen LogP contribution in [0.5, 0.6) is 0 Å². The lowest BCUT2D eigenvalue weighted by atomic mass is 9.76. The quantitative estimate of drug-likeness (QED) is 0.859. The summed E-state index contributed by atoms with van der Waals surface area (Å²) >= 11 is 0. The first-order valence-electron chi connectivity index (χ1n) is 8.64. The number of rotatable bonds is 4. The van der Waals surface area contributed by atoms with E-state index in [-0.39, 0.29) is 17.2 Å². The van der Waals surface area contributed by atoms with Crippen molar-refractivity contribution < 1.29 is 19.5 Å². The maximum atomic E-state index is 12.4. The van der Waals surface area contributed by atoms with Gasteiger partial charge in [-0.05, 0) is 24.7 Å². The first kappa shape index (κ1) is 17.4. The third kappa shape index (κ3) is 3.67. The molecule has 1 aromatic heterocycles. The molecule has 8 heteroatoms. The molecule has 0 aromatic carbocycles. The Balaban J connectivity index is 1.55. The molecule has 1 spiro atoms. The number of aliphatic carboxylic acids is 1. The number of imidazole rings is 1. The van der Waals surface area contributed by atoms with Crippen LogP contribution in [0, 0.1) is 5.41 Å². The minimum atomic E-state index is -0.939. The van der Waals surface area contributed by atoms with Gasteiger partial charge in [-0.3, -0.25) is 9.59 Å². The number of aryl methyl sites for hydroxylation is 1. The average Bonchev–Trinajstić information content (AvgIpc) is 3.21. The van der Waals surface area contributed by atoms with Gasteiger partial charge in [-0.25, -0.2) is 9.78 Å². The van der Waals surface area contributed by atoms with Gasteiger partial charge in [0.15, 0.2) is 0 Å². The topological polar surface area (TPSA) is 95.7 Å². The molecule has 0 radical (unpaired) electrons. The largest absolute Gasteiger partial charge is 0.480 e. The monoisotopic (exact) mass is 348 g/mol. The zero-order chi connectivity index (χ0) is 18.0. The van der Waals surface area contributed by atoms with Crippen LogP contribution < -0.4 is 0 Å². The van der Waals surface area contributed by atoms with Crippen molar-refractivity contribution in [1.82, 2.24) is 19.4 Å². The summed E-state index contributed by atoms with van der Waals surface area (Å²) < 4.78 is 1.88. The standard InChI is InChI=1S/C17H24N4O4/c1-13(22)21-11-17(10-14(21)16(24)25)3-7-20(8-4-17)15(23)2-6-19-9-5-18-12-19/h5,9,12,14H,2-4,6-8,10-11H2,1H3,(H,24,25)/t14-/m1/s1. The van der Waals surface area contributed by atoms with Crippen LogP contribution in [-0.4, -0.2) is 67.9 Å². The van der Waals surface area contributed by atoms with E-state index in [1.165, 1.54) is 11.8 Å². The maximum absolute atomic E-state index is 12.4. The summed E-state index contributed by atoms with van der Waals surface area (Å²) in [4.78, 5) is 42.9. The predicted molar refractivity (Wildman–Crippen MR) is 88.5 cm³/mol. The van der Waals surface area contributed by atoms with Crippen molar-refractivity contribution in [2.45, 2.75) is 45.2 Å². The highest BCUT2D eigenvalue weighted by Gasteiger charge is 2.49. The molecular weight excluding hydrogens is 324 g/mol. The number of carbonyl (C=O) groups excluding carboxylic acids is 2. The molecule has 1 N–H and O–H groups in total. The van der Waals surface area contributed by atoms with Gasteiger partial charge >= 0.3 is 5.97 Å². The van der Waals surface area contributed by atoms with Gasteiger partial charge in [-0.15, -0.1) is 0 Å². The number of hydrogen-bond acceptors (Lipinski definition) is 4. The lowest BCUT2D eigenvalue weighted by molar-refractivity contribution is -0.147. The van der Waals surface area contributed by atoms with Gasteiger partial charge in [-0.1, -0.05) is 0 Å². The fraction of sp³-hybridized carbons (Fsp3) is 0.647. The molecule has 0 aliphatic carbocycles. The molecule has 2 amide bonds. The molecule has 25 heavy (non-hydrogen) atoms. The summed E-state index contributed by atoms with van der Waals surface area (Å²) in [6, 6.07) is -0.735. The molecule has 3 heterocycles. The normalized spacial score (nSPS) is 22.4. The highest BCUT2D eigenvalue weighted by Crippen LogP contribution is 2.43. The van der Waals surface area contributed by atoms with Crippen LogP contribution in [0.4, 0.5) is 0 Å². The highest BCUT2D eigenvalue weighted by atomic mass is 16.4. The van der Waals surface area contributed by atoms with Gasteiger partial charge in [0.2, 0.25) is 11.8 Å². The van der Waals surface area contributed by atoms with Crippen molar-refractivity contribution in [1.29, 1.82) is 0 Å². The highest BCUT2D eigenvalue weighted by molar-refractivity contribution is 5.83. The van der Waals surface area contributed by atoms with Gasteiger partial charge in [0.05, 0.1) is 6.33 Å². The maximum Gasteiger partial charge on any atom is 0.326 e. The first-order chi connectivity index (χ1) is 11.9. The molecule has 136 valence electrons. The van der Waals surface area contributed by atoms with E-state index in [4.69, 9.17) is 0 Å². The fourth-order valence-corrected chi connectivity index (χ4v) is 4.00. The van der Waals surface area contributed by atoms with E-state index >= 15 is 0 Å². The zero-order valence-electron chi connectivity index (χ0n) is 14.4. The zero-order valence-corrected chi connectivity index (χ0v) is 14.4. The van der Waals surface area contributed by atoms with Crippen LogP contribution in [0.25, 0.3) is 0 Å². The Morgan fingerprint density at radius 2 is 2.00 bits per heavy atom. The minimum absolute atomic E-state index is 0.111. The molecule has 0 saturated carbocycles. The Kier molecular flexibility index (Phi) is 4.78. The van der Waals surface area contributed by atoms with Crippen molar-refractivity contribution in [3.8, 4) is 0 Å². The molecule has 2 saturated heterocycles. The molecular formula is C17H24N4O4. The van der Waals surface area contributed by atoms with Gasteiger partial charge in [0.1, 0.15) is 6.04 Å². The number of piperidine rings is 1. The van der Waals surface area contributed by atoms with Crippen LogP contribution in [-0.2, 0) is 20.9 Å². The number of likely N-dealkylation sites (tertiary alicyclic amines) is 2. The number of carboxylic acid groups (broad SMARTS) is 1. The van der Waals surface area contributed by atoms with Crippen LogP contribution in [0.15, 0.2) is 18.7 Å². The Morgan fingerprint density at radius 1 is 1.28 bits per heavy atom. The Morgan fingerprint density at radius 3 is 2.52 bits per heavy atom. The molecule has 3 rings (SSSR count). The molecule has 1 atom stereocenters. The summed E-state index contributed by atoms with van der Waals surface area (Å²) in [6.07, 6.45) is 7.63. The Labute approximate surface area is 146 Å². The number of carbonyl (C=O) groups is 3. The van der Waals surface area contributed by atoms with E-state index in [2.05, 4.69) is 4.98 Å². The van der Waals surface area contributed by atoms with E-state index in [1.54, 1.807) is 12.5 Å². The second kappa shape index (κ2) is 6.85. The number of nitrogens with zero attached hydrogens (tertiary/aromatic N) is 4. The number of amides is 2. The molecule has 0 bridgehead atoms. The van der Waals surface area contributed by atoms with Crippen LogP contribution in [0.1, 0.15) is 32.6 Å². The summed E-state index contributed by atoms with van der Waals surface area (Å²) in [5.41, 5.74) is -0.171. The second-order valence-corrected chi connectivity index (χ2v) is 7.14. The van der Waals surface area contributed by atoms with E-state index in [0.717, 1.165) is 12.8 Å². The number of aromatic nitrogens is 2. The van der Waals surface area contributed by atoms with Crippen molar-refractivity contribution in [3.63, 3.8) is 0 Å². The molecule has 2 aliphatic heterocycles. The van der Waals surface area contributed by atoms with E-state index < -0.39 is 12.0 Å². The number of hydrogen-bond donors (Lipinski definition) is 1. The van der Waals surface area contributed by atoms with Crippen LogP contribution >= 0.6 is 0 Å². The van der Waals surface area contributed by atoms with E-state index in [9.17, 15) is 19.5 Å². The first-order valence-corrected chi connectivity index (χ1v) is 8.64.